The van der Waals surface area contributed by atoms with E-state index in [4.69, 9.17) is 0 Å². The first-order valence-corrected chi connectivity index (χ1v) is 8.08. The zero-order valence-corrected chi connectivity index (χ0v) is 15.4. The summed E-state index contributed by atoms with van der Waals surface area (Å²) < 4.78 is 0. The third-order valence-electron chi connectivity index (χ3n) is 3.94. The molecular weight excluding hydrogens is 328 g/mol. The zero-order chi connectivity index (χ0) is 16.9. The van der Waals surface area contributed by atoms with Crippen LogP contribution in [-0.2, 0) is 9.59 Å². The number of pyridine rings is 1. The Kier molecular flexibility index (Phi) is 7.63. The Balaban J connectivity index is 0.00000288. The summed E-state index contributed by atoms with van der Waals surface area (Å²) in [6, 6.07) is 3.88. The lowest BCUT2D eigenvalue weighted by atomic mass is 9.96. The normalized spacial score (nSPS) is 17.8. The molecule has 1 atom stereocenters. The highest BCUT2D eigenvalue weighted by Gasteiger charge is 2.28. The maximum Gasteiger partial charge on any atom is 0.225 e. The van der Waals surface area contributed by atoms with Crippen molar-refractivity contribution in [3.63, 3.8) is 0 Å². The van der Waals surface area contributed by atoms with Gasteiger partial charge >= 0.3 is 0 Å². The number of carbonyl (C=O) groups excluding carboxylic acids is 2. The summed E-state index contributed by atoms with van der Waals surface area (Å²) in [6.07, 6.45) is 3.85. The molecule has 1 aliphatic heterocycles. The Labute approximate surface area is 149 Å². The topological polar surface area (TPSA) is 74.3 Å². The van der Waals surface area contributed by atoms with Gasteiger partial charge in [0.2, 0.25) is 11.8 Å². The minimum absolute atomic E-state index is 0. The molecule has 6 nitrogen and oxygen atoms in total. The average Bonchev–Trinajstić information content (AvgIpc) is 2.54. The first-order valence-electron chi connectivity index (χ1n) is 8.08. The highest BCUT2D eigenvalue weighted by Crippen LogP contribution is 2.22. The van der Waals surface area contributed by atoms with E-state index in [2.05, 4.69) is 15.6 Å². The van der Waals surface area contributed by atoms with Crippen molar-refractivity contribution in [2.45, 2.75) is 33.2 Å². The molecule has 0 radical (unpaired) electrons. The second-order valence-corrected chi connectivity index (χ2v) is 6.85. The van der Waals surface area contributed by atoms with E-state index in [9.17, 15) is 9.59 Å². The first kappa shape index (κ1) is 20.4. The first-order chi connectivity index (χ1) is 10.9. The van der Waals surface area contributed by atoms with Crippen molar-refractivity contribution in [3.8, 4) is 0 Å². The summed E-state index contributed by atoms with van der Waals surface area (Å²) >= 11 is 0. The van der Waals surface area contributed by atoms with Crippen molar-refractivity contribution in [1.82, 2.24) is 20.5 Å². The van der Waals surface area contributed by atoms with Gasteiger partial charge in [0.05, 0.1) is 6.04 Å². The molecule has 2 rings (SSSR count). The number of carbonyl (C=O) groups is 2. The zero-order valence-electron chi connectivity index (χ0n) is 14.5. The third kappa shape index (κ3) is 5.46. The lowest BCUT2D eigenvalue weighted by Gasteiger charge is -2.36. The van der Waals surface area contributed by atoms with Crippen LogP contribution in [0.1, 0.15) is 38.8 Å². The molecule has 1 aliphatic rings. The number of hydrogen-bond acceptors (Lipinski definition) is 4. The molecule has 134 valence electrons. The molecule has 1 aromatic rings. The van der Waals surface area contributed by atoms with Crippen LogP contribution in [0.15, 0.2) is 24.5 Å². The van der Waals surface area contributed by atoms with E-state index >= 15 is 0 Å². The molecule has 0 spiro atoms. The Bertz CT molecular complexity index is 545. The van der Waals surface area contributed by atoms with E-state index in [-0.39, 0.29) is 30.3 Å². The van der Waals surface area contributed by atoms with Crippen molar-refractivity contribution in [2.75, 3.05) is 26.2 Å². The molecule has 0 bridgehead atoms. The summed E-state index contributed by atoms with van der Waals surface area (Å²) in [4.78, 5) is 30.4. The number of piperazine rings is 1. The van der Waals surface area contributed by atoms with Crippen LogP contribution in [-0.4, -0.2) is 47.9 Å². The van der Waals surface area contributed by atoms with Crippen molar-refractivity contribution >= 4 is 24.2 Å². The van der Waals surface area contributed by atoms with Gasteiger partial charge in [-0.2, -0.15) is 0 Å². The fourth-order valence-electron chi connectivity index (χ4n) is 2.57. The van der Waals surface area contributed by atoms with Gasteiger partial charge in [-0.05, 0) is 11.6 Å². The van der Waals surface area contributed by atoms with Gasteiger partial charge in [-0.1, -0.05) is 26.8 Å². The van der Waals surface area contributed by atoms with Crippen LogP contribution in [0.2, 0.25) is 0 Å². The van der Waals surface area contributed by atoms with E-state index in [0.29, 0.717) is 19.5 Å². The highest BCUT2D eigenvalue weighted by molar-refractivity contribution is 5.85. The van der Waals surface area contributed by atoms with Crippen molar-refractivity contribution in [3.05, 3.63) is 30.1 Å². The quantitative estimate of drug-likeness (QED) is 0.860. The molecule has 2 heterocycles. The minimum atomic E-state index is -0.434. The van der Waals surface area contributed by atoms with Crippen molar-refractivity contribution in [1.29, 1.82) is 0 Å². The number of nitrogens with zero attached hydrogens (tertiary/aromatic N) is 2. The standard InChI is InChI=1S/C17H26N4O2.ClH/c1-17(2,3)16(23)20-8-6-15(22)21-10-9-19-12-14(21)13-5-4-7-18-11-13;/h4-5,7,11,14,19H,6,8-10,12H2,1-3H3,(H,20,23);1H. The van der Waals surface area contributed by atoms with Gasteiger partial charge in [-0.15, -0.1) is 12.4 Å². The fraction of sp³-hybridized carbons (Fsp3) is 0.588. The van der Waals surface area contributed by atoms with Gasteiger partial charge in [0.15, 0.2) is 0 Å². The second-order valence-electron chi connectivity index (χ2n) is 6.85. The maximum atomic E-state index is 12.5. The Morgan fingerprint density at radius 2 is 2.17 bits per heavy atom. The van der Waals surface area contributed by atoms with E-state index < -0.39 is 5.41 Å². The molecule has 7 heteroatoms. The summed E-state index contributed by atoms with van der Waals surface area (Å²) in [5.41, 5.74) is 0.600. The Morgan fingerprint density at radius 1 is 1.42 bits per heavy atom. The van der Waals surface area contributed by atoms with Crippen LogP contribution < -0.4 is 10.6 Å². The van der Waals surface area contributed by atoms with Gasteiger partial charge in [-0.25, -0.2) is 0 Å². The van der Waals surface area contributed by atoms with Crippen molar-refractivity contribution in [2.24, 2.45) is 5.41 Å². The highest BCUT2D eigenvalue weighted by atomic mass is 35.5. The molecule has 0 saturated carbocycles. The summed E-state index contributed by atoms with van der Waals surface area (Å²) in [5.74, 6) is 0.0315. The van der Waals surface area contributed by atoms with Crippen LogP contribution in [0.3, 0.4) is 0 Å². The fourth-order valence-corrected chi connectivity index (χ4v) is 2.57. The Hall–Kier alpha value is -1.66. The molecular formula is C17H27ClN4O2. The van der Waals surface area contributed by atoms with Gasteiger partial charge in [-0.3, -0.25) is 14.6 Å². The molecule has 2 amide bonds. The number of hydrogen-bond donors (Lipinski definition) is 2. The molecule has 1 saturated heterocycles. The molecule has 2 N–H and O–H groups in total. The number of halogens is 1. The van der Waals surface area contributed by atoms with Crippen LogP contribution in [0.5, 0.6) is 0 Å². The van der Waals surface area contributed by atoms with Gasteiger partial charge in [0.1, 0.15) is 0 Å². The van der Waals surface area contributed by atoms with Gasteiger partial charge < -0.3 is 15.5 Å². The van der Waals surface area contributed by atoms with E-state index in [1.165, 1.54) is 0 Å². The lowest BCUT2D eigenvalue weighted by Crippen LogP contribution is -2.49. The smallest absolute Gasteiger partial charge is 0.225 e. The van der Waals surface area contributed by atoms with Crippen LogP contribution in [0, 0.1) is 5.41 Å². The van der Waals surface area contributed by atoms with Gasteiger partial charge in [0, 0.05) is 50.4 Å². The lowest BCUT2D eigenvalue weighted by molar-refractivity contribution is -0.134. The molecule has 0 aliphatic carbocycles. The van der Waals surface area contributed by atoms with E-state index in [1.54, 1.807) is 12.4 Å². The Morgan fingerprint density at radius 3 is 2.79 bits per heavy atom. The van der Waals surface area contributed by atoms with E-state index in [1.807, 2.05) is 37.8 Å². The summed E-state index contributed by atoms with van der Waals surface area (Å²) in [6.45, 7) is 8.14. The average molecular weight is 355 g/mol. The number of nitrogens with one attached hydrogen (secondary N) is 2. The number of amides is 2. The number of rotatable bonds is 4. The summed E-state index contributed by atoms with van der Waals surface area (Å²) in [5, 5.41) is 6.15. The van der Waals surface area contributed by atoms with Crippen LogP contribution in [0.25, 0.3) is 0 Å². The molecule has 1 fully saturated rings. The predicted molar refractivity (Wildman–Crippen MR) is 95.9 cm³/mol. The largest absolute Gasteiger partial charge is 0.355 e. The maximum absolute atomic E-state index is 12.5. The second kappa shape index (κ2) is 8.99. The van der Waals surface area contributed by atoms with Gasteiger partial charge in [0.25, 0.3) is 0 Å². The minimum Gasteiger partial charge on any atom is -0.355 e. The third-order valence-corrected chi connectivity index (χ3v) is 3.94. The predicted octanol–water partition coefficient (Wildman–Crippen LogP) is 1.53. The van der Waals surface area contributed by atoms with Crippen LogP contribution >= 0.6 is 12.4 Å². The SMILES string of the molecule is CC(C)(C)C(=O)NCCC(=O)N1CCNCC1c1cccnc1.Cl. The molecule has 24 heavy (non-hydrogen) atoms. The van der Waals surface area contributed by atoms with Crippen LogP contribution in [0.4, 0.5) is 0 Å². The molecule has 0 aromatic carbocycles. The monoisotopic (exact) mass is 354 g/mol. The molecule has 1 unspecified atom stereocenters. The molecule has 1 aromatic heterocycles. The summed E-state index contributed by atoms with van der Waals surface area (Å²) in [7, 11) is 0. The van der Waals surface area contributed by atoms with E-state index in [0.717, 1.165) is 18.7 Å². The van der Waals surface area contributed by atoms with Crippen molar-refractivity contribution < 1.29 is 9.59 Å². The number of aromatic nitrogens is 1.